The number of nitrogens with zero attached hydrogens (tertiary/aromatic N) is 1. The lowest BCUT2D eigenvalue weighted by Crippen LogP contribution is -2.48. The van der Waals surface area contributed by atoms with Crippen LogP contribution in [0.1, 0.15) is 12.8 Å². The Morgan fingerprint density at radius 2 is 2.16 bits per heavy atom. The fraction of sp³-hybridized carbons (Fsp3) is 0.429. The van der Waals surface area contributed by atoms with Crippen LogP contribution in [-0.2, 0) is 9.59 Å². The number of hydrogen-bond donors (Lipinski definition) is 2. The minimum absolute atomic E-state index is 0.0206. The molecule has 5 nitrogen and oxygen atoms in total. The summed E-state index contributed by atoms with van der Waals surface area (Å²) < 4.78 is 0. The molecule has 0 bridgehead atoms. The summed E-state index contributed by atoms with van der Waals surface area (Å²) in [5, 5.41) is 6.04. The van der Waals surface area contributed by atoms with Crippen LogP contribution in [0.25, 0.3) is 0 Å². The standard InChI is InChI=1S/C14H17N3O2/c18-13-9-17(12-6-2-1-5-11(12)16-13)14(19)10-4-3-7-15-8-10/h1-2,5-6,10,15H,3-4,7-9H2,(H,16,18)/t10-/m1/s1. The van der Waals surface area contributed by atoms with E-state index in [0.717, 1.165) is 30.8 Å². The van der Waals surface area contributed by atoms with Crippen LogP contribution < -0.4 is 15.5 Å². The van der Waals surface area contributed by atoms with Crippen LogP contribution in [0.15, 0.2) is 24.3 Å². The molecular weight excluding hydrogens is 242 g/mol. The molecule has 0 aliphatic carbocycles. The second-order valence-corrected chi connectivity index (χ2v) is 5.03. The quantitative estimate of drug-likeness (QED) is 0.790. The lowest BCUT2D eigenvalue weighted by molar-refractivity contribution is -0.125. The molecule has 3 rings (SSSR count). The SMILES string of the molecule is O=C1CN(C(=O)[C@@H]2CCCNC2)c2ccccc2N1. The number of para-hydroxylation sites is 2. The number of hydrogen-bond acceptors (Lipinski definition) is 3. The molecule has 0 unspecified atom stereocenters. The summed E-state index contributed by atoms with van der Waals surface area (Å²) in [6, 6.07) is 7.44. The highest BCUT2D eigenvalue weighted by Gasteiger charge is 2.31. The number of piperidine rings is 1. The minimum atomic E-state index is -0.129. The fourth-order valence-corrected chi connectivity index (χ4v) is 2.71. The second-order valence-electron chi connectivity index (χ2n) is 5.03. The first kappa shape index (κ1) is 12.2. The van der Waals surface area contributed by atoms with Crippen molar-refractivity contribution in [3.63, 3.8) is 0 Å². The monoisotopic (exact) mass is 259 g/mol. The van der Waals surface area contributed by atoms with E-state index in [1.807, 2.05) is 24.3 Å². The van der Waals surface area contributed by atoms with Crippen LogP contribution in [0, 0.1) is 5.92 Å². The van der Waals surface area contributed by atoms with Gasteiger partial charge < -0.3 is 15.5 Å². The minimum Gasteiger partial charge on any atom is -0.323 e. The fourth-order valence-electron chi connectivity index (χ4n) is 2.71. The van der Waals surface area contributed by atoms with Gasteiger partial charge in [0.1, 0.15) is 6.54 Å². The van der Waals surface area contributed by atoms with Gasteiger partial charge in [-0.25, -0.2) is 0 Å². The van der Waals surface area contributed by atoms with Gasteiger partial charge in [-0.05, 0) is 31.5 Å². The first-order valence-corrected chi connectivity index (χ1v) is 6.66. The molecule has 19 heavy (non-hydrogen) atoms. The van der Waals surface area contributed by atoms with Crippen molar-refractivity contribution in [1.82, 2.24) is 5.32 Å². The van der Waals surface area contributed by atoms with Gasteiger partial charge in [0, 0.05) is 6.54 Å². The summed E-state index contributed by atoms with van der Waals surface area (Å²) in [4.78, 5) is 25.9. The first-order chi connectivity index (χ1) is 9.25. The van der Waals surface area contributed by atoms with Crippen molar-refractivity contribution in [2.75, 3.05) is 29.9 Å². The van der Waals surface area contributed by atoms with Crippen LogP contribution in [0.3, 0.4) is 0 Å². The van der Waals surface area contributed by atoms with Crippen molar-refractivity contribution < 1.29 is 9.59 Å². The molecule has 1 saturated heterocycles. The molecule has 2 aliphatic heterocycles. The van der Waals surface area contributed by atoms with E-state index >= 15 is 0 Å². The predicted octanol–water partition coefficient (Wildman–Crippen LogP) is 0.971. The van der Waals surface area contributed by atoms with E-state index in [1.54, 1.807) is 4.90 Å². The van der Waals surface area contributed by atoms with Gasteiger partial charge in [-0.2, -0.15) is 0 Å². The Labute approximate surface area is 112 Å². The van der Waals surface area contributed by atoms with Crippen molar-refractivity contribution in [1.29, 1.82) is 0 Å². The third-order valence-electron chi connectivity index (χ3n) is 3.68. The molecule has 2 heterocycles. The molecule has 1 atom stereocenters. The van der Waals surface area contributed by atoms with E-state index in [9.17, 15) is 9.59 Å². The smallest absolute Gasteiger partial charge is 0.244 e. The third kappa shape index (κ3) is 2.33. The molecular formula is C14H17N3O2. The molecule has 1 aromatic carbocycles. The molecule has 5 heteroatoms. The number of carbonyl (C=O) groups excluding carboxylic acids is 2. The van der Waals surface area contributed by atoms with Crippen molar-refractivity contribution in [2.45, 2.75) is 12.8 Å². The van der Waals surface area contributed by atoms with E-state index in [1.165, 1.54) is 0 Å². The van der Waals surface area contributed by atoms with Crippen LogP contribution in [0.5, 0.6) is 0 Å². The van der Waals surface area contributed by atoms with Crippen LogP contribution in [0.2, 0.25) is 0 Å². The Morgan fingerprint density at radius 3 is 2.95 bits per heavy atom. The number of rotatable bonds is 1. The highest BCUT2D eigenvalue weighted by Crippen LogP contribution is 2.30. The normalized spacial score (nSPS) is 22.6. The van der Waals surface area contributed by atoms with E-state index in [-0.39, 0.29) is 24.3 Å². The molecule has 100 valence electrons. The van der Waals surface area contributed by atoms with Gasteiger partial charge in [0.15, 0.2) is 0 Å². The van der Waals surface area contributed by atoms with E-state index in [4.69, 9.17) is 0 Å². The molecule has 1 fully saturated rings. The average Bonchev–Trinajstić information content (AvgIpc) is 2.46. The average molecular weight is 259 g/mol. The molecule has 0 saturated carbocycles. The van der Waals surface area contributed by atoms with Gasteiger partial charge in [0.2, 0.25) is 11.8 Å². The topological polar surface area (TPSA) is 61.4 Å². The van der Waals surface area contributed by atoms with Gasteiger partial charge in [0.25, 0.3) is 0 Å². The van der Waals surface area contributed by atoms with E-state index in [2.05, 4.69) is 10.6 Å². The van der Waals surface area contributed by atoms with Crippen LogP contribution in [-0.4, -0.2) is 31.4 Å². The zero-order valence-corrected chi connectivity index (χ0v) is 10.7. The Balaban J connectivity index is 1.87. The van der Waals surface area contributed by atoms with Crippen molar-refractivity contribution in [3.05, 3.63) is 24.3 Å². The number of fused-ring (bicyclic) bond motifs is 1. The number of amides is 2. The molecule has 2 aliphatic rings. The molecule has 1 aromatic rings. The van der Waals surface area contributed by atoms with E-state index in [0.29, 0.717) is 6.54 Å². The molecule has 0 aromatic heterocycles. The number of benzene rings is 1. The van der Waals surface area contributed by atoms with Gasteiger partial charge in [-0.3, -0.25) is 9.59 Å². The highest BCUT2D eigenvalue weighted by molar-refractivity contribution is 6.10. The molecule has 2 amide bonds. The maximum Gasteiger partial charge on any atom is 0.244 e. The Bertz CT molecular complexity index is 509. The van der Waals surface area contributed by atoms with Crippen molar-refractivity contribution in [3.8, 4) is 0 Å². The summed E-state index contributed by atoms with van der Waals surface area (Å²) >= 11 is 0. The van der Waals surface area contributed by atoms with E-state index < -0.39 is 0 Å². The summed E-state index contributed by atoms with van der Waals surface area (Å²) in [6.07, 6.45) is 1.91. The third-order valence-corrected chi connectivity index (χ3v) is 3.68. The van der Waals surface area contributed by atoms with Gasteiger partial charge >= 0.3 is 0 Å². The summed E-state index contributed by atoms with van der Waals surface area (Å²) in [7, 11) is 0. The summed E-state index contributed by atoms with van der Waals surface area (Å²) in [5.74, 6) is -0.0991. The number of carbonyl (C=O) groups is 2. The maximum absolute atomic E-state index is 12.6. The maximum atomic E-state index is 12.6. The lowest BCUT2D eigenvalue weighted by atomic mass is 9.97. The Hall–Kier alpha value is -1.88. The Kier molecular flexibility index (Phi) is 3.21. The van der Waals surface area contributed by atoms with Crippen LogP contribution in [0.4, 0.5) is 11.4 Å². The zero-order valence-electron chi connectivity index (χ0n) is 10.7. The zero-order chi connectivity index (χ0) is 13.2. The number of nitrogens with one attached hydrogen (secondary N) is 2. The van der Waals surface area contributed by atoms with Gasteiger partial charge in [-0.15, -0.1) is 0 Å². The molecule has 0 radical (unpaired) electrons. The predicted molar refractivity (Wildman–Crippen MR) is 73.0 cm³/mol. The van der Waals surface area contributed by atoms with Gasteiger partial charge in [-0.1, -0.05) is 12.1 Å². The molecule has 0 spiro atoms. The number of anilines is 2. The summed E-state index contributed by atoms with van der Waals surface area (Å²) in [6.45, 7) is 1.80. The lowest BCUT2D eigenvalue weighted by Gasteiger charge is -2.33. The second kappa shape index (κ2) is 5.01. The largest absolute Gasteiger partial charge is 0.323 e. The van der Waals surface area contributed by atoms with Crippen molar-refractivity contribution in [2.24, 2.45) is 5.92 Å². The Morgan fingerprint density at radius 1 is 1.32 bits per heavy atom. The first-order valence-electron chi connectivity index (χ1n) is 6.66. The van der Waals surface area contributed by atoms with Gasteiger partial charge in [0.05, 0.1) is 17.3 Å². The van der Waals surface area contributed by atoms with Crippen LogP contribution >= 0.6 is 0 Å². The highest BCUT2D eigenvalue weighted by atomic mass is 16.2. The summed E-state index contributed by atoms with van der Waals surface area (Å²) in [5.41, 5.74) is 1.52. The van der Waals surface area contributed by atoms with Crippen molar-refractivity contribution >= 4 is 23.2 Å². The molecule has 2 N–H and O–H groups in total.